The Kier molecular flexibility index (Phi) is 3.72. The van der Waals surface area contributed by atoms with Crippen molar-refractivity contribution >= 4 is 45.5 Å². The molecule has 18 heavy (non-hydrogen) atoms. The van der Waals surface area contributed by atoms with Gasteiger partial charge in [0.05, 0.1) is 10.8 Å². The van der Waals surface area contributed by atoms with Crippen LogP contribution in [-0.4, -0.2) is 28.1 Å². The number of thioether (sulfide) groups is 1. The first-order valence-electron chi connectivity index (χ1n) is 5.00. The number of imide groups is 1. The van der Waals surface area contributed by atoms with Gasteiger partial charge in [-0.05, 0) is 34.1 Å². The summed E-state index contributed by atoms with van der Waals surface area (Å²) >= 11 is 4.33. The molecular weight excluding hydrogens is 322 g/mol. The van der Waals surface area contributed by atoms with Crippen LogP contribution in [-0.2, 0) is 9.59 Å². The fourth-order valence-corrected chi connectivity index (χ4v) is 3.01. The molecule has 7 heteroatoms. The molecule has 1 aromatic rings. The van der Waals surface area contributed by atoms with Gasteiger partial charge in [-0.1, -0.05) is 0 Å². The Bertz CT molecular complexity index is 546. The van der Waals surface area contributed by atoms with Crippen LogP contribution in [0.15, 0.2) is 27.6 Å². The van der Waals surface area contributed by atoms with Gasteiger partial charge in [-0.25, -0.2) is 4.79 Å². The highest BCUT2D eigenvalue weighted by Crippen LogP contribution is 2.30. The van der Waals surface area contributed by atoms with Crippen LogP contribution < -0.4 is 5.32 Å². The molecular formula is C11H8BrNO4S. The topological polar surface area (TPSA) is 83.5 Å². The van der Waals surface area contributed by atoms with Crippen molar-refractivity contribution in [3.05, 3.63) is 28.2 Å². The molecule has 1 aromatic carbocycles. The molecule has 1 heterocycles. The number of hydrogen-bond donors (Lipinski definition) is 2. The number of hydrogen-bond acceptors (Lipinski definition) is 4. The fourth-order valence-electron chi connectivity index (χ4n) is 1.53. The molecule has 1 aliphatic rings. The number of aromatic carboxylic acids is 1. The van der Waals surface area contributed by atoms with Crippen LogP contribution in [0.25, 0.3) is 0 Å². The minimum Gasteiger partial charge on any atom is -0.478 e. The van der Waals surface area contributed by atoms with Crippen LogP contribution in [0.2, 0.25) is 0 Å². The second kappa shape index (κ2) is 5.11. The van der Waals surface area contributed by atoms with E-state index in [0.29, 0.717) is 9.37 Å². The second-order valence-corrected chi connectivity index (χ2v) is 5.80. The van der Waals surface area contributed by atoms with Crippen LogP contribution in [0.5, 0.6) is 0 Å². The molecule has 2 rings (SSSR count). The number of carboxylic acid groups (broad SMARTS) is 1. The Balaban J connectivity index is 2.20. The maximum atomic E-state index is 11.4. The van der Waals surface area contributed by atoms with Crippen LogP contribution in [0, 0.1) is 0 Å². The molecule has 1 unspecified atom stereocenters. The van der Waals surface area contributed by atoms with Crippen molar-refractivity contribution in [3.8, 4) is 0 Å². The predicted octanol–water partition coefficient (Wildman–Crippen LogP) is 1.65. The van der Waals surface area contributed by atoms with Gasteiger partial charge in [-0.2, -0.15) is 0 Å². The van der Waals surface area contributed by atoms with Crippen molar-refractivity contribution in [2.45, 2.75) is 16.6 Å². The molecule has 1 saturated heterocycles. The standard InChI is InChI=1S/C11H8BrNO4S/c12-7-2-1-5(3-6(7)11(16)17)18-8-4-9(14)13-10(8)15/h1-3,8H,4H2,(H,16,17)(H,13,14,15). The largest absolute Gasteiger partial charge is 0.478 e. The van der Waals surface area contributed by atoms with Crippen molar-refractivity contribution < 1.29 is 19.5 Å². The number of amides is 2. The highest BCUT2D eigenvalue weighted by Gasteiger charge is 2.31. The summed E-state index contributed by atoms with van der Waals surface area (Å²) in [7, 11) is 0. The van der Waals surface area contributed by atoms with Crippen LogP contribution in [0.4, 0.5) is 0 Å². The number of nitrogens with one attached hydrogen (secondary N) is 1. The van der Waals surface area contributed by atoms with Crippen molar-refractivity contribution in [2.24, 2.45) is 0 Å². The Morgan fingerprint density at radius 2 is 2.17 bits per heavy atom. The predicted molar refractivity (Wildman–Crippen MR) is 68.5 cm³/mol. The van der Waals surface area contributed by atoms with Crippen molar-refractivity contribution in [3.63, 3.8) is 0 Å². The van der Waals surface area contributed by atoms with Gasteiger partial charge in [0, 0.05) is 15.8 Å². The summed E-state index contributed by atoms with van der Waals surface area (Å²) in [6.45, 7) is 0. The van der Waals surface area contributed by atoms with E-state index in [9.17, 15) is 14.4 Å². The van der Waals surface area contributed by atoms with Gasteiger partial charge in [-0.15, -0.1) is 11.8 Å². The molecule has 0 aliphatic carbocycles. The summed E-state index contributed by atoms with van der Waals surface area (Å²) in [5.41, 5.74) is 0.129. The summed E-state index contributed by atoms with van der Waals surface area (Å²) < 4.78 is 0.478. The average molecular weight is 330 g/mol. The van der Waals surface area contributed by atoms with E-state index >= 15 is 0 Å². The van der Waals surface area contributed by atoms with E-state index in [-0.39, 0.29) is 23.8 Å². The summed E-state index contributed by atoms with van der Waals surface area (Å²) in [6, 6.07) is 4.80. The molecule has 1 aliphatic heterocycles. The molecule has 1 atom stereocenters. The van der Waals surface area contributed by atoms with Gasteiger partial charge in [0.1, 0.15) is 0 Å². The normalized spacial score (nSPS) is 18.8. The van der Waals surface area contributed by atoms with E-state index in [1.54, 1.807) is 12.1 Å². The number of carboxylic acids is 1. The van der Waals surface area contributed by atoms with Crippen molar-refractivity contribution in [2.75, 3.05) is 0 Å². The quantitative estimate of drug-likeness (QED) is 0.824. The van der Waals surface area contributed by atoms with Gasteiger partial charge in [0.15, 0.2) is 0 Å². The molecule has 2 amide bonds. The van der Waals surface area contributed by atoms with Gasteiger partial charge in [0.2, 0.25) is 11.8 Å². The molecule has 94 valence electrons. The van der Waals surface area contributed by atoms with Crippen molar-refractivity contribution in [1.29, 1.82) is 0 Å². The average Bonchev–Trinajstić information content (AvgIpc) is 2.60. The van der Waals surface area contributed by atoms with E-state index < -0.39 is 11.2 Å². The van der Waals surface area contributed by atoms with Gasteiger partial charge in [0.25, 0.3) is 0 Å². The molecule has 0 aromatic heterocycles. The van der Waals surface area contributed by atoms with E-state index in [2.05, 4.69) is 21.2 Å². The SMILES string of the molecule is O=C1CC(Sc2ccc(Br)c(C(=O)O)c2)C(=O)N1. The molecule has 0 spiro atoms. The highest BCUT2D eigenvalue weighted by atomic mass is 79.9. The lowest BCUT2D eigenvalue weighted by Gasteiger charge is -2.07. The van der Waals surface area contributed by atoms with E-state index in [0.717, 1.165) is 0 Å². The molecule has 0 bridgehead atoms. The lowest BCUT2D eigenvalue weighted by atomic mass is 10.2. The van der Waals surface area contributed by atoms with E-state index in [4.69, 9.17) is 5.11 Å². The first-order valence-corrected chi connectivity index (χ1v) is 6.68. The van der Waals surface area contributed by atoms with Crippen LogP contribution >= 0.6 is 27.7 Å². The van der Waals surface area contributed by atoms with Crippen LogP contribution in [0.3, 0.4) is 0 Å². The summed E-state index contributed by atoms with van der Waals surface area (Å²) in [4.78, 5) is 34.0. The molecule has 2 N–H and O–H groups in total. The van der Waals surface area contributed by atoms with Crippen LogP contribution in [0.1, 0.15) is 16.8 Å². The summed E-state index contributed by atoms with van der Waals surface area (Å²) in [6.07, 6.45) is 0.127. The Morgan fingerprint density at radius 1 is 1.44 bits per heavy atom. The van der Waals surface area contributed by atoms with Gasteiger partial charge in [-0.3, -0.25) is 14.9 Å². The third-order valence-corrected chi connectivity index (χ3v) is 4.26. The minimum atomic E-state index is -1.05. The monoisotopic (exact) mass is 329 g/mol. The number of halogens is 1. The number of benzene rings is 1. The second-order valence-electron chi connectivity index (χ2n) is 3.67. The third kappa shape index (κ3) is 2.73. The molecule has 1 fully saturated rings. The maximum absolute atomic E-state index is 11.4. The number of rotatable bonds is 3. The zero-order valence-corrected chi connectivity index (χ0v) is 11.4. The first-order chi connectivity index (χ1) is 8.47. The number of carbonyl (C=O) groups excluding carboxylic acids is 2. The van der Waals surface area contributed by atoms with E-state index in [1.165, 1.54) is 17.8 Å². The third-order valence-electron chi connectivity index (χ3n) is 2.37. The highest BCUT2D eigenvalue weighted by molar-refractivity contribution is 9.10. The zero-order valence-electron chi connectivity index (χ0n) is 8.97. The lowest BCUT2D eigenvalue weighted by Crippen LogP contribution is -2.23. The Morgan fingerprint density at radius 3 is 2.72 bits per heavy atom. The summed E-state index contributed by atoms with van der Waals surface area (Å²) in [5, 5.41) is 10.7. The van der Waals surface area contributed by atoms with Gasteiger partial charge >= 0.3 is 5.97 Å². The Labute approximate surface area is 115 Å². The van der Waals surface area contributed by atoms with Gasteiger partial charge < -0.3 is 5.11 Å². The first kappa shape index (κ1) is 13.1. The zero-order chi connectivity index (χ0) is 13.3. The fraction of sp³-hybridized carbons (Fsp3) is 0.182. The number of carbonyl (C=O) groups is 3. The van der Waals surface area contributed by atoms with E-state index in [1.807, 2.05) is 0 Å². The minimum absolute atomic E-state index is 0.127. The molecule has 5 nitrogen and oxygen atoms in total. The smallest absolute Gasteiger partial charge is 0.336 e. The lowest BCUT2D eigenvalue weighted by molar-refractivity contribution is -0.124. The Hall–Kier alpha value is -1.34. The molecule has 0 radical (unpaired) electrons. The van der Waals surface area contributed by atoms with Crippen molar-refractivity contribution in [1.82, 2.24) is 5.32 Å². The summed E-state index contributed by atoms with van der Waals surface area (Å²) in [5.74, 6) is -1.67. The molecule has 0 saturated carbocycles. The maximum Gasteiger partial charge on any atom is 0.336 e.